The minimum atomic E-state index is -1.00. The molecule has 2 heterocycles. The zero-order valence-corrected chi connectivity index (χ0v) is 12.9. The molecule has 0 radical (unpaired) electrons. The van der Waals surface area contributed by atoms with E-state index in [1.54, 1.807) is 23.0 Å². The molecule has 0 bridgehead atoms. The Morgan fingerprint density at radius 1 is 0.882 bits per heavy atom. The van der Waals surface area contributed by atoms with E-state index in [4.69, 9.17) is 0 Å². The summed E-state index contributed by atoms with van der Waals surface area (Å²) in [5, 5.41) is 22.7. The average molecular weight is 401 g/mol. The summed E-state index contributed by atoms with van der Waals surface area (Å²) >= 11 is 0. The van der Waals surface area contributed by atoms with Crippen LogP contribution in [0.25, 0.3) is 0 Å². The van der Waals surface area contributed by atoms with Gasteiger partial charge in [0, 0.05) is 0 Å². The first-order valence-corrected chi connectivity index (χ1v) is 8.56. The largest absolute Gasteiger partial charge is 2.00 e. The molecule has 96 valence electrons. The summed E-state index contributed by atoms with van der Waals surface area (Å²) in [4.78, 5) is 20.0. The molecule has 0 amide bonds. The molecule has 0 saturated heterocycles. The van der Waals surface area contributed by atoms with Crippen LogP contribution in [0, 0.1) is 0 Å². The van der Waals surface area contributed by atoms with Crippen LogP contribution < -0.4 is 10.2 Å². The van der Waals surface area contributed by atoms with Crippen molar-refractivity contribution in [3.63, 3.8) is 0 Å². The van der Waals surface area contributed by atoms with E-state index >= 15 is 0 Å². The number of carbonyl (C=O) groups excluding carboxylic acids is 2. The van der Waals surface area contributed by atoms with Crippen LogP contribution >= 0.6 is 43.2 Å². The van der Waals surface area contributed by atoms with Gasteiger partial charge in [0.1, 0.15) is 0 Å². The normalized spacial score (nSPS) is 24.7. The van der Waals surface area contributed by atoms with Crippen molar-refractivity contribution in [2.45, 2.75) is 10.5 Å². The van der Waals surface area contributed by atoms with Crippen LogP contribution in [0.3, 0.4) is 0 Å². The summed E-state index contributed by atoms with van der Waals surface area (Å²) in [7, 11) is 5.44. The Kier molecular flexibility index (Phi) is 9.68. The second kappa shape index (κ2) is 9.42. The molecule has 0 aromatic carbocycles. The molecule has 2 unspecified atom stereocenters. The van der Waals surface area contributed by atoms with E-state index in [-0.39, 0.29) is 20.4 Å². The maximum absolute atomic E-state index is 10.0. The molecule has 0 N–H and O–H groups in total. The van der Waals surface area contributed by atoms with Gasteiger partial charge in [0.05, 0.1) is 22.4 Å². The number of carbonyl (C=O) groups is 2. The van der Waals surface area contributed by atoms with Gasteiger partial charge in [-0.25, -0.2) is 0 Å². The smallest absolute Gasteiger partial charge is 0.549 e. The second-order valence-corrected chi connectivity index (χ2v) is 7.16. The predicted octanol–water partition coefficient (Wildman–Crippen LogP) is 0.0247. The fraction of sp³-hybridized carbons (Fsp3) is 0.250. The molecule has 4 nitrogen and oxygen atoms in total. The van der Waals surface area contributed by atoms with Gasteiger partial charge in [-0.15, -0.1) is 0 Å². The summed E-state index contributed by atoms with van der Waals surface area (Å²) < 4.78 is 0. The van der Waals surface area contributed by atoms with Crippen molar-refractivity contribution in [1.29, 1.82) is 0 Å². The SMILES string of the molecule is O=C([O-])C1C=CSS1.O=C([O-])C1C=CSS1.[Pd+2]. The van der Waals surface area contributed by atoms with Crippen molar-refractivity contribution in [3.8, 4) is 0 Å². The van der Waals surface area contributed by atoms with Crippen LogP contribution in [0.15, 0.2) is 23.0 Å². The Balaban J connectivity index is 0.000000284. The molecule has 0 aliphatic carbocycles. The summed E-state index contributed by atoms with van der Waals surface area (Å²) in [6.07, 6.45) is 3.23. The zero-order valence-electron chi connectivity index (χ0n) is 8.05. The third kappa shape index (κ3) is 6.84. The van der Waals surface area contributed by atoms with E-state index in [2.05, 4.69) is 0 Å². The van der Waals surface area contributed by atoms with E-state index in [1.165, 1.54) is 43.2 Å². The van der Waals surface area contributed by atoms with Gasteiger partial charge in [-0.2, -0.15) is 0 Å². The summed E-state index contributed by atoms with van der Waals surface area (Å²) in [6, 6.07) is 0. The molecule has 0 spiro atoms. The minimum absolute atomic E-state index is 0. The number of carboxylic acid groups (broad SMARTS) is 2. The fourth-order valence-corrected chi connectivity index (χ4v) is 4.49. The van der Waals surface area contributed by atoms with Crippen LogP contribution in [0.1, 0.15) is 0 Å². The third-order valence-corrected chi connectivity index (χ3v) is 5.85. The molecule has 0 aromatic rings. The molecular weight excluding hydrogens is 395 g/mol. The maximum Gasteiger partial charge on any atom is 2.00 e. The number of hydrogen-bond acceptors (Lipinski definition) is 8. The van der Waals surface area contributed by atoms with E-state index < -0.39 is 22.4 Å². The second-order valence-electron chi connectivity index (χ2n) is 2.52. The Bertz CT molecular complexity index is 301. The molecule has 9 heteroatoms. The summed E-state index contributed by atoms with van der Waals surface area (Å²) in [5.74, 6) is -2.01. The first kappa shape index (κ1) is 17.5. The average Bonchev–Trinajstić information content (AvgIpc) is 2.93. The van der Waals surface area contributed by atoms with E-state index in [0.717, 1.165) is 0 Å². The minimum Gasteiger partial charge on any atom is -0.549 e. The van der Waals surface area contributed by atoms with E-state index in [0.29, 0.717) is 0 Å². The summed E-state index contributed by atoms with van der Waals surface area (Å²) in [6.45, 7) is 0. The van der Waals surface area contributed by atoms with Crippen molar-refractivity contribution < 1.29 is 40.2 Å². The molecule has 2 aliphatic rings. The third-order valence-electron chi connectivity index (χ3n) is 1.40. The summed E-state index contributed by atoms with van der Waals surface area (Å²) in [5.41, 5.74) is 0. The van der Waals surface area contributed by atoms with Crippen molar-refractivity contribution in [2.24, 2.45) is 0 Å². The topological polar surface area (TPSA) is 80.3 Å². The zero-order chi connectivity index (χ0) is 12.0. The molecule has 0 fully saturated rings. The van der Waals surface area contributed by atoms with Crippen LogP contribution in [-0.4, -0.2) is 22.4 Å². The van der Waals surface area contributed by atoms with Gasteiger partial charge in [-0.1, -0.05) is 55.3 Å². The number of carboxylic acids is 2. The van der Waals surface area contributed by atoms with Gasteiger partial charge in [0.15, 0.2) is 0 Å². The van der Waals surface area contributed by atoms with Crippen molar-refractivity contribution in [1.82, 2.24) is 0 Å². The first-order valence-electron chi connectivity index (χ1n) is 4.00. The van der Waals surface area contributed by atoms with Crippen LogP contribution in [0.5, 0.6) is 0 Å². The Morgan fingerprint density at radius 3 is 1.35 bits per heavy atom. The van der Waals surface area contributed by atoms with Crippen molar-refractivity contribution in [2.75, 3.05) is 0 Å². The number of aliphatic carboxylic acids is 2. The Hall–Kier alpha value is 0.482. The van der Waals surface area contributed by atoms with Crippen LogP contribution in [0.2, 0.25) is 0 Å². The van der Waals surface area contributed by atoms with Gasteiger partial charge in [-0.3, -0.25) is 0 Å². The number of hydrogen-bond donors (Lipinski definition) is 0. The van der Waals surface area contributed by atoms with E-state index in [9.17, 15) is 19.8 Å². The first-order chi connectivity index (χ1) is 7.61. The molecule has 2 aliphatic heterocycles. The van der Waals surface area contributed by atoms with Crippen LogP contribution in [-0.2, 0) is 30.0 Å². The van der Waals surface area contributed by atoms with Gasteiger partial charge < -0.3 is 19.8 Å². The molecule has 0 saturated carbocycles. The van der Waals surface area contributed by atoms with Gasteiger partial charge >= 0.3 is 20.4 Å². The van der Waals surface area contributed by atoms with Gasteiger partial charge in [0.25, 0.3) is 0 Å². The fourth-order valence-electron chi connectivity index (χ4n) is 0.691. The van der Waals surface area contributed by atoms with Crippen molar-refractivity contribution >= 4 is 55.1 Å². The maximum atomic E-state index is 10.0. The van der Waals surface area contributed by atoms with E-state index in [1.807, 2.05) is 0 Å². The molecular formula is C8H6O4PdS4. The molecule has 17 heavy (non-hydrogen) atoms. The van der Waals surface area contributed by atoms with Crippen molar-refractivity contribution in [3.05, 3.63) is 23.0 Å². The Labute approximate surface area is 128 Å². The molecule has 2 atom stereocenters. The predicted molar refractivity (Wildman–Crippen MR) is 66.2 cm³/mol. The molecule has 0 aromatic heterocycles. The standard InChI is InChI=1S/2C4H4O2S2.Pd/c2*5-4(6)3-1-2-7-8-3;/h2*1-3H,(H,5,6);/q;;+2/p-2. The van der Waals surface area contributed by atoms with Gasteiger partial charge in [0.2, 0.25) is 0 Å². The van der Waals surface area contributed by atoms with Gasteiger partial charge in [-0.05, 0) is 10.8 Å². The van der Waals surface area contributed by atoms with Crippen LogP contribution in [0.4, 0.5) is 0 Å². The Morgan fingerprint density at radius 2 is 1.24 bits per heavy atom. The quantitative estimate of drug-likeness (QED) is 0.474. The monoisotopic (exact) mass is 400 g/mol. The molecule has 2 rings (SSSR count). The number of rotatable bonds is 2.